The van der Waals surface area contributed by atoms with Crippen LogP contribution in [0.4, 0.5) is 0 Å². The second-order valence-electron chi connectivity index (χ2n) is 12.1. The molecule has 0 unspecified atom stereocenters. The van der Waals surface area contributed by atoms with Crippen LogP contribution in [0.25, 0.3) is 0 Å². The van der Waals surface area contributed by atoms with E-state index in [9.17, 15) is 0 Å². The molecule has 0 saturated carbocycles. The Hall–Kier alpha value is 0.911. The summed E-state index contributed by atoms with van der Waals surface area (Å²) in [5.41, 5.74) is 0. The number of aliphatic carboxylic acids is 1. The second-order valence-corrected chi connectivity index (χ2v) is 12.1. The third kappa shape index (κ3) is 50.8. The number of carbonyl (C=O) groups is 1. The average molecular weight is 770 g/mol. The third-order valence-electron chi connectivity index (χ3n) is 8.10. The molecule has 0 spiro atoms. The van der Waals surface area contributed by atoms with Crippen molar-refractivity contribution in [3.63, 3.8) is 0 Å². The minimum absolute atomic E-state index is 0. The number of nitrogens with zero attached hydrogens (tertiary/aromatic N) is 1. The number of hydrogen-bond donors (Lipinski definition) is 1. The molecule has 0 atom stereocenters. The van der Waals surface area contributed by atoms with Crippen molar-refractivity contribution < 1.29 is 54.7 Å². The van der Waals surface area contributed by atoms with E-state index in [-0.39, 0.29) is 44.8 Å². The van der Waals surface area contributed by atoms with Crippen LogP contribution in [0, 0.1) is 0 Å². The summed E-state index contributed by atoms with van der Waals surface area (Å²) in [7, 11) is 0. The molecule has 258 valence electrons. The fourth-order valence-corrected chi connectivity index (χ4v) is 5.49. The maximum absolute atomic E-state index is 9.00. The van der Waals surface area contributed by atoms with Crippen LogP contribution in [0.5, 0.6) is 0 Å². The molecular formula is C36H75Ag2NO2. The van der Waals surface area contributed by atoms with Crippen LogP contribution in [0.3, 0.4) is 0 Å². The van der Waals surface area contributed by atoms with Crippen molar-refractivity contribution in [3.05, 3.63) is 0 Å². The van der Waals surface area contributed by atoms with Crippen LogP contribution in [0.15, 0.2) is 0 Å². The predicted molar refractivity (Wildman–Crippen MR) is 176 cm³/mol. The first-order valence-electron chi connectivity index (χ1n) is 18.0. The molecule has 0 aromatic heterocycles. The van der Waals surface area contributed by atoms with Gasteiger partial charge in [0.05, 0.1) is 0 Å². The molecule has 0 aromatic rings. The molecule has 0 rings (SSSR count). The van der Waals surface area contributed by atoms with Gasteiger partial charge in [-0.15, -0.1) is 0 Å². The van der Waals surface area contributed by atoms with Gasteiger partial charge in [-0.05, 0) is 32.5 Å². The summed E-state index contributed by atoms with van der Waals surface area (Å²) in [5, 5.41) is 7.42. The van der Waals surface area contributed by atoms with Gasteiger partial charge in [0.15, 0.2) is 0 Å². The van der Waals surface area contributed by atoms with Crippen molar-refractivity contribution in [2.45, 2.75) is 207 Å². The first-order chi connectivity index (χ1) is 19.1. The van der Waals surface area contributed by atoms with Crippen LogP contribution in [0.2, 0.25) is 0 Å². The Labute approximate surface area is 291 Å². The Kier molecular flexibility index (Phi) is 54.0. The van der Waals surface area contributed by atoms with Gasteiger partial charge in [0.2, 0.25) is 0 Å². The van der Waals surface area contributed by atoms with Crippen molar-refractivity contribution in [2.75, 3.05) is 19.6 Å². The van der Waals surface area contributed by atoms with Gasteiger partial charge in [-0.1, -0.05) is 188 Å². The Bertz CT molecular complexity index is 415. The summed E-state index contributed by atoms with van der Waals surface area (Å²) in [5.74, 6) is -0.833. The molecule has 1 N–H and O–H groups in total. The van der Waals surface area contributed by atoms with Crippen molar-refractivity contribution in [1.29, 1.82) is 0 Å². The number of hydrogen-bond acceptors (Lipinski definition) is 2. The molecule has 0 heterocycles. The second kappa shape index (κ2) is 45.3. The van der Waals surface area contributed by atoms with E-state index in [1.54, 1.807) is 0 Å². The molecule has 0 aromatic carbocycles. The van der Waals surface area contributed by atoms with E-state index in [2.05, 4.69) is 25.7 Å². The molecule has 0 aliphatic heterocycles. The summed E-state index contributed by atoms with van der Waals surface area (Å²) < 4.78 is 0. The Morgan fingerprint density at radius 1 is 0.415 bits per heavy atom. The Morgan fingerprint density at radius 3 is 0.756 bits per heavy atom. The summed E-state index contributed by atoms with van der Waals surface area (Å²) in [6, 6.07) is 0. The summed E-state index contributed by atoms with van der Waals surface area (Å²) in [4.78, 5) is 11.7. The van der Waals surface area contributed by atoms with Gasteiger partial charge in [-0.25, -0.2) is 0 Å². The van der Waals surface area contributed by atoms with Crippen LogP contribution in [-0.4, -0.2) is 35.6 Å². The minimum atomic E-state index is -0.833. The fourth-order valence-electron chi connectivity index (χ4n) is 5.49. The van der Waals surface area contributed by atoms with E-state index in [1.165, 1.54) is 199 Å². The topological polar surface area (TPSA) is 40.5 Å². The van der Waals surface area contributed by atoms with Gasteiger partial charge in [0, 0.05) is 51.7 Å². The summed E-state index contributed by atoms with van der Waals surface area (Å²) in [6.45, 7) is 12.0. The minimum Gasteiger partial charge on any atom is -0.481 e. The van der Waals surface area contributed by atoms with Gasteiger partial charge < -0.3 is 10.0 Å². The quantitative estimate of drug-likeness (QED) is 0.0564. The SMILES string of the molecule is CC(=O)O.CCCCCCCCCCCCCCCCN(CC)CCCCCCCCCCCCCCCC.[Ag].[Ag]. The van der Waals surface area contributed by atoms with Crippen LogP contribution < -0.4 is 0 Å². The van der Waals surface area contributed by atoms with E-state index in [0.29, 0.717) is 0 Å². The third-order valence-corrected chi connectivity index (χ3v) is 8.10. The van der Waals surface area contributed by atoms with E-state index >= 15 is 0 Å². The molecule has 0 aliphatic carbocycles. The van der Waals surface area contributed by atoms with Crippen LogP contribution in [0.1, 0.15) is 207 Å². The van der Waals surface area contributed by atoms with Crippen molar-refractivity contribution in [3.8, 4) is 0 Å². The van der Waals surface area contributed by atoms with Crippen molar-refractivity contribution >= 4 is 5.97 Å². The maximum Gasteiger partial charge on any atom is 0.300 e. The molecular weight excluding hydrogens is 694 g/mol. The zero-order valence-electron chi connectivity index (χ0n) is 28.3. The van der Waals surface area contributed by atoms with E-state index < -0.39 is 5.97 Å². The molecule has 2 radical (unpaired) electrons. The zero-order chi connectivity index (χ0) is 29.1. The smallest absolute Gasteiger partial charge is 0.300 e. The van der Waals surface area contributed by atoms with Crippen molar-refractivity contribution in [1.82, 2.24) is 4.90 Å². The van der Waals surface area contributed by atoms with Gasteiger partial charge in [0.25, 0.3) is 5.97 Å². The number of carboxylic acid groups (broad SMARTS) is 1. The van der Waals surface area contributed by atoms with E-state index in [4.69, 9.17) is 9.90 Å². The van der Waals surface area contributed by atoms with Crippen molar-refractivity contribution in [2.24, 2.45) is 0 Å². The van der Waals surface area contributed by atoms with Gasteiger partial charge >= 0.3 is 0 Å². The van der Waals surface area contributed by atoms with Gasteiger partial charge in [0.1, 0.15) is 0 Å². The van der Waals surface area contributed by atoms with Gasteiger partial charge in [-0.2, -0.15) is 0 Å². The molecule has 0 fully saturated rings. The normalized spacial score (nSPS) is 10.6. The monoisotopic (exact) mass is 767 g/mol. The van der Waals surface area contributed by atoms with E-state index in [0.717, 1.165) is 6.92 Å². The Balaban J connectivity index is -0.00000106. The van der Waals surface area contributed by atoms with E-state index in [1.807, 2.05) is 0 Å². The number of unbranched alkanes of at least 4 members (excludes halogenated alkanes) is 26. The molecule has 41 heavy (non-hydrogen) atoms. The number of carboxylic acids is 1. The molecule has 0 amide bonds. The summed E-state index contributed by atoms with van der Waals surface area (Å²) >= 11 is 0. The van der Waals surface area contributed by atoms with Crippen LogP contribution in [-0.2, 0) is 49.6 Å². The molecule has 3 nitrogen and oxygen atoms in total. The molecule has 0 aliphatic rings. The number of rotatable bonds is 31. The largest absolute Gasteiger partial charge is 0.481 e. The molecule has 5 heteroatoms. The standard InChI is InChI=1S/C34H71N.C2H4O2.2Ag/c1-4-7-9-11-13-15-17-19-21-23-25-27-29-31-33-35(6-3)34-32-30-28-26-24-22-20-18-16-14-12-10-8-5-2;1-2(3)4;;/h4-34H2,1-3H3;1H3,(H,3,4);;. The first kappa shape index (κ1) is 48.8. The maximum atomic E-state index is 9.00. The molecule has 0 saturated heterocycles. The fraction of sp³-hybridized carbons (Fsp3) is 0.972. The van der Waals surface area contributed by atoms with Crippen LogP contribution >= 0.6 is 0 Å². The summed E-state index contributed by atoms with van der Waals surface area (Å²) in [6.07, 6.45) is 40.9. The first-order valence-corrected chi connectivity index (χ1v) is 18.0. The molecule has 0 bridgehead atoms. The predicted octanol–water partition coefficient (Wildman–Crippen LogP) is 12.4. The zero-order valence-corrected chi connectivity index (χ0v) is 31.3. The average Bonchev–Trinajstić information content (AvgIpc) is 2.92. The van der Waals surface area contributed by atoms with Gasteiger partial charge in [-0.3, -0.25) is 4.79 Å². The Morgan fingerprint density at radius 2 is 0.585 bits per heavy atom.